The van der Waals surface area contributed by atoms with Gasteiger partial charge in [-0.25, -0.2) is 0 Å². The first-order valence-electron chi connectivity index (χ1n) is 9.09. The van der Waals surface area contributed by atoms with Crippen LogP contribution >= 0.6 is 0 Å². The van der Waals surface area contributed by atoms with E-state index in [1.165, 1.54) is 6.08 Å². The molecule has 0 bridgehead atoms. The lowest BCUT2D eigenvalue weighted by molar-refractivity contribution is -0.142. The highest BCUT2D eigenvalue weighted by Crippen LogP contribution is 2.25. The Morgan fingerprint density at radius 2 is 1.38 bits per heavy atom. The zero-order valence-electron chi connectivity index (χ0n) is 14.2. The van der Waals surface area contributed by atoms with E-state index in [1.807, 2.05) is 4.90 Å². The molecule has 3 aliphatic rings. The average Bonchev–Trinajstić information content (AvgIpc) is 3.44. The summed E-state index contributed by atoms with van der Waals surface area (Å²) in [5.41, 5.74) is 0. The summed E-state index contributed by atoms with van der Waals surface area (Å²) in [5.74, 6) is 0.378. The Bertz CT molecular complexity index is 514. The number of likely N-dealkylation sites (tertiary alicyclic amines) is 2. The molecule has 24 heavy (non-hydrogen) atoms. The van der Waals surface area contributed by atoms with Crippen molar-refractivity contribution in [1.82, 2.24) is 15.1 Å². The Kier molecular flexibility index (Phi) is 5.21. The fourth-order valence-corrected chi connectivity index (χ4v) is 3.64. The predicted molar refractivity (Wildman–Crippen MR) is 90.0 cm³/mol. The molecular formula is C18H27N3O3. The number of carbonyl (C=O) groups excluding carboxylic acids is 3. The number of nitrogens with one attached hydrogen (secondary N) is 1. The van der Waals surface area contributed by atoms with Gasteiger partial charge in [0.05, 0.1) is 0 Å². The minimum absolute atomic E-state index is 0.00991. The van der Waals surface area contributed by atoms with Crippen molar-refractivity contribution in [1.29, 1.82) is 0 Å². The second-order valence-corrected chi connectivity index (χ2v) is 7.19. The molecule has 3 fully saturated rings. The molecule has 0 spiro atoms. The molecule has 0 aromatic heterocycles. The molecule has 2 saturated heterocycles. The zero-order valence-corrected chi connectivity index (χ0v) is 14.2. The first kappa shape index (κ1) is 17.0. The number of rotatable bonds is 4. The van der Waals surface area contributed by atoms with Crippen LogP contribution in [0.4, 0.5) is 0 Å². The SMILES string of the molecule is C=CC(=O)N1CCC(C(=O)N2CCC(C(=O)NC3CC3)CC2)CC1. The third-order valence-electron chi connectivity index (χ3n) is 5.43. The first-order chi connectivity index (χ1) is 11.6. The molecule has 132 valence electrons. The van der Waals surface area contributed by atoms with Crippen molar-refractivity contribution in [2.75, 3.05) is 26.2 Å². The van der Waals surface area contributed by atoms with Crippen LogP contribution in [0.2, 0.25) is 0 Å². The van der Waals surface area contributed by atoms with Gasteiger partial charge in [0.25, 0.3) is 0 Å². The van der Waals surface area contributed by atoms with Crippen LogP contribution in [0.25, 0.3) is 0 Å². The maximum Gasteiger partial charge on any atom is 0.245 e. The third kappa shape index (κ3) is 3.97. The molecule has 2 heterocycles. The van der Waals surface area contributed by atoms with Crippen molar-refractivity contribution >= 4 is 17.7 Å². The van der Waals surface area contributed by atoms with Crippen molar-refractivity contribution < 1.29 is 14.4 Å². The maximum absolute atomic E-state index is 12.7. The van der Waals surface area contributed by atoms with Gasteiger partial charge in [-0.2, -0.15) is 0 Å². The Morgan fingerprint density at radius 3 is 1.92 bits per heavy atom. The second kappa shape index (κ2) is 7.36. The van der Waals surface area contributed by atoms with Gasteiger partial charge in [0.15, 0.2) is 0 Å². The first-order valence-corrected chi connectivity index (χ1v) is 9.09. The fraction of sp³-hybridized carbons (Fsp3) is 0.722. The van der Waals surface area contributed by atoms with E-state index in [-0.39, 0.29) is 29.6 Å². The van der Waals surface area contributed by atoms with Gasteiger partial charge in [-0.1, -0.05) is 6.58 Å². The van der Waals surface area contributed by atoms with Gasteiger partial charge in [0, 0.05) is 44.1 Å². The summed E-state index contributed by atoms with van der Waals surface area (Å²) in [6.07, 6.45) is 6.52. The zero-order chi connectivity index (χ0) is 17.1. The molecule has 0 atom stereocenters. The van der Waals surface area contributed by atoms with E-state index in [1.54, 1.807) is 4.90 Å². The van der Waals surface area contributed by atoms with Crippen LogP contribution in [-0.2, 0) is 14.4 Å². The standard InChI is InChI=1S/C18H27N3O3/c1-2-16(22)20-9-7-14(8-10-20)18(24)21-11-5-13(6-12-21)17(23)19-15-3-4-15/h2,13-15H,1,3-12H2,(H,19,23). The van der Waals surface area contributed by atoms with E-state index < -0.39 is 0 Å². The van der Waals surface area contributed by atoms with Crippen LogP contribution in [0, 0.1) is 11.8 Å². The van der Waals surface area contributed by atoms with E-state index in [9.17, 15) is 14.4 Å². The molecule has 6 heteroatoms. The van der Waals surface area contributed by atoms with E-state index in [0.717, 1.165) is 38.5 Å². The Balaban J connectivity index is 1.43. The van der Waals surface area contributed by atoms with Gasteiger partial charge in [-0.3, -0.25) is 14.4 Å². The van der Waals surface area contributed by atoms with Crippen molar-refractivity contribution in [2.24, 2.45) is 11.8 Å². The van der Waals surface area contributed by atoms with Gasteiger partial charge in [0.1, 0.15) is 0 Å². The quantitative estimate of drug-likeness (QED) is 0.778. The van der Waals surface area contributed by atoms with Crippen molar-refractivity contribution in [3.8, 4) is 0 Å². The molecule has 3 amide bonds. The summed E-state index contributed by atoms with van der Waals surface area (Å²) in [6, 6.07) is 0.403. The van der Waals surface area contributed by atoms with Crippen molar-refractivity contribution in [2.45, 2.75) is 44.6 Å². The highest BCUT2D eigenvalue weighted by molar-refractivity contribution is 5.87. The molecule has 0 aromatic carbocycles. The highest BCUT2D eigenvalue weighted by atomic mass is 16.2. The van der Waals surface area contributed by atoms with Gasteiger partial charge in [-0.15, -0.1) is 0 Å². The van der Waals surface area contributed by atoms with Gasteiger partial charge < -0.3 is 15.1 Å². The summed E-state index contributed by atoms with van der Waals surface area (Å²) < 4.78 is 0. The average molecular weight is 333 g/mol. The van der Waals surface area contributed by atoms with Crippen LogP contribution in [0.1, 0.15) is 38.5 Å². The topological polar surface area (TPSA) is 69.7 Å². The molecule has 1 aliphatic carbocycles. The fourth-order valence-electron chi connectivity index (χ4n) is 3.64. The van der Waals surface area contributed by atoms with Gasteiger partial charge in [-0.05, 0) is 44.6 Å². The van der Waals surface area contributed by atoms with E-state index in [0.29, 0.717) is 32.2 Å². The summed E-state index contributed by atoms with van der Waals surface area (Å²) in [5, 5.41) is 3.06. The van der Waals surface area contributed by atoms with Crippen LogP contribution in [0.3, 0.4) is 0 Å². The predicted octanol–water partition coefficient (Wildman–Crippen LogP) is 0.928. The molecule has 1 saturated carbocycles. The molecular weight excluding hydrogens is 306 g/mol. The highest BCUT2D eigenvalue weighted by Gasteiger charge is 2.34. The summed E-state index contributed by atoms with van der Waals surface area (Å²) in [4.78, 5) is 40.0. The Morgan fingerprint density at radius 1 is 0.833 bits per heavy atom. The maximum atomic E-state index is 12.7. The second-order valence-electron chi connectivity index (χ2n) is 7.19. The largest absolute Gasteiger partial charge is 0.353 e. The summed E-state index contributed by atoms with van der Waals surface area (Å²) in [6.45, 7) is 6.11. The van der Waals surface area contributed by atoms with Crippen molar-refractivity contribution in [3.63, 3.8) is 0 Å². The summed E-state index contributed by atoms with van der Waals surface area (Å²) in [7, 11) is 0. The van der Waals surface area contributed by atoms with Gasteiger partial charge in [0.2, 0.25) is 17.7 Å². The molecule has 2 aliphatic heterocycles. The Hall–Kier alpha value is -1.85. The monoisotopic (exact) mass is 333 g/mol. The van der Waals surface area contributed by atoms with Crippen LogP contribution in [-0.4, -0.2) is 59.7 Å². The van der Waals surface area contributed by atoms with Crippen LogP contribution in [0.5, 0.6) is 0 Å². The molecule has 0 unspecified atom stereocenters. The Labute approximate surface area is 143 Å². The minimum Gasteiger partial charge on any atom is -0.353 e. The van der Waals surface area contributed by atoms with Crippen LogP contribution < -0.4 is 5.32 Å². The van der Waals surface area contributed by atoms with E-state index >= 15 is 0 Å². The number of carbonyl (C=O) groups is 3. The number of amides is 3. The number of hydrogen-bond acceptors (Lipinski definition) is 3. The molecule has 6 nitrogen and oxygen atoms in total. The smallest absolute Gasteiger partial charge is 0.245 e. The van der Waals surface area contributed by atoms with Crippen LogP contribution in [0.15, 0.2) is 12.7 Å². The lowest BCUT2D eigenvalue weighted by Crippen LogP contribution is -2.48. The van der Waals surface area contributed by atoms with E-state index in [4.69, 9.17) is 0 Å². The molecule has 1 N–H and O–H groups in total. The lowest BCUT2D eigenvalue weighted by Gasteiger charge is -2.36. The molecule has 3 rings (SSSR count). The molecule has 0 radical (unpaired) electrons. The van der Waals surface area contributed by atoms with Crippen molar-refractivity contribution in [3.05, 3.63) is 12.7 Å². The number of nitrogens with zero attached hydrogens (tertiary/aromatic N) is 2. The third-order valence-corrected chi connectivity index (χ3v) is 5.43. The summed E-state index contributed by atoms with van der Waals surface area (Å²) >= 11 is 0. The number of hydrogen-bond donors (Lipinski definition) is 1. The molecule has 0 aromatic rings. The number of piperidine rings is 2. The lowest BCUT2D eigenvalue weighted by atomic mass is 9.91. The normalized spacial score (nSPS) is 23.0. The van der Waals surface area contributed by atoms with E-state index in [2.05, 4.69) is 11.9 Å². The minimum atomic E-state index is -0.0524. The van der Waals surface area contributed by atoms with Gasteiger partial charge >= 0.3 is 0 Å².